The fraction of sp³-hybridized carbons (Fsp3) is 0.250. The number of allylic oxidation sites excluding steroid dienone is 1. The zero-order chi connectivity index (χ0) is 16.8. The Hall–Kier alpha value is -2.34. The van der Waals surface area contributed by atoms with Gasteiger partial charge in [0.25, 0.3) is 0 Å². The number of benzene rings is 3. The zero-order valence-corrected chi connectivity index (χ0v) is 14.5. The first kappa shape index (κ1) is 16.5. The van der Waals surface area contributed by atoms with Gasteiger partial charge in [-0.3, -0.25) is 0 Å². The van der Waals surface area contributed by atoms with Crippen molar-refractivity contribution in [1.29, 1.82) is 0 Å². The maximum atomic E-state index is 3.95. The Morgan fingerprint density at radius 2 is 1.54 bits per heavy atom. The molecule has 0 fully saturated rings. The highest BCUT2D eigenvalue weighted by Crippen LogP contribution is 2.33. The number of hydrogen-bond donors (Lipinski definition) is 0. The van der Waals surface area contributed by atoms with Crippen LogP contribution in [0.4, 0.5) is 0 Å². The van der Waals surface area contributed by atoms with Gasteiger partial charge in [0.2, 0.25) is 0 Å². The van der Waals surface area contributed by atoms with Crippen LogP contribution in [0.2, 0.25) is 0 Å². The summed E-state index contributed by atoms with van der Waals surface area (Å²) in [5.41, 5.74) is 2.90. The van der Waals surface area contributed by atoms with Gasteiger partial charge in [-0.15, -0.1) is 6.58 Å². The maximum Gasteiger partial charge on any atom is -0.0127 e. The van der Waals surface area contributed by atoms with Crippen molar-refractivity contribution >= 4 is 10.8 Å². The molecule has 0 spiro atoms. The molecule has 0 N–H and O–H groups in total. The van der Waals surface area contributed by atoms with Crippen molar-refractivity contribution in [3.05, 3.63) is 96.6 Å². The fourth-order valence-electron chi connectivity index (χ4n) is 3.63. The Balaban J connectivity index is 1.76. The number of rotatable bonds is 7. The summed E-state index contributed by atoms with van der Waals surface area (Å²) in [4.78, 5) is 0. The molecule has 2 unspecified atom stereocenters. The van der Waals surface area contributed by atoms with Crippen molar-refractivity contribution in [3.8, 4) is 0 Å². The van der Waals surface area contributed by atoms with Crippen LogP contribution in [0, 0.1) is 0 Å². The van der Waals surface area contributed by atoms with Gasteiger partial charge >= 0.3 is 0 Å². The third-order valence-corrected chi connectivity index (χ3v) is 5.02. The molecule has 0 saturated carbocycles. The molecule has 0 heterocycles. The summed E-state index contributed by atoms with van der Waals surface area (Å²) in [6.45, 7) is 6.31. The Kier molecular flexibility index (Phi) is 5.48. The molecule has 0 amide bonds. The molecule has 3 rings (SSSR count). The van der Waals surface area contributed by atoms with Crippen LogP contribution in [0.5, 0.6) is 0 Å². The Morgan fingerprint density at radius 1 is 0.833 bits per heavy atom. The first-order valence-electron chi connectivity index (χ1n) is 8.93. The Labute approximate surface area is 145 Å². The Morgan fingerprint density at radius 3 is 2.33 bits per heavy atom. The summed E-state index contributed by atoms with van der Waals surface area (Å²) in [7, 11) is 0. The van der Waals surface area contributed by atoms with Crippen LogP contribution in [-0.4, -0.2) is 0 Å². The lowest BCUT2D eigenvalue weighted by Crippen LogP contribution is -2.02. The predicted octanol–water partition coefficient (Wildman–Crippen LogP) is 7.08. The summed E-state index contributed by atoms with van der Waals surface area (Å²) in [6, 6.07) is 26.3. The van der Waals surface area contributed by atoms with Crippen molar-refractivity contribution in [3.63, 3.8) is 0 Å². The van der Waals surface area contributed by atoms with E-state index in [0.717, 1.165) is 6.42 Å². The van der Waals surface area contributed by atoms with E-state index < -0.39 is 0 Å². The van der Waals surface area contributed by atoms with E-state index in [-0.39, 0.29) is 0 Å². The minimum absolute atomic E-state index is 0.562. The largest absolute Gasteiger partial charge is 0.103 e. The van der Waals surface area contributed by atoms with Crippen molar-refractivity contribution in [1.82, 2.24) is 0 Å². The van der Waals surface area contributed by atoms with Gasteiger partial charge in [0, 0.05) is 0 Å². The van der Waals surface area contributed by atoms with E-state index in [2.05, 4.69) is 92.4 Å². The van der Waals surface area contributed by atoms with Gasteiger partial charge in [-0.25, -0.2) is 0 Å². The molecular weight excluding hydrogens is 288 g/mol. The molecule has 3 aromatic carbocycles. The molecule has 0 aromatic heterocycles. The first-order chi connectivity index (χ1) is 11.8. The number of hydrogen-bond acceptors (Lipinski definition) is 0. The smallest absolute Gasteiger partial charge is 0.0127 e. The third kappa shape index (κ3) is 3.76. The molecule has 0 saturated heterocycles. The first-order valence-corrected chi connectivity index (χ1v) is 8.93. The predicted molar refractivity (Wildman–Crippen MR) is 106 cm³/mol. The molecular formula is C24H26. The van der Waals surface area contributed by atoms with E-state index >= 15 is 0 Å². The maximum absolute atomic E-state index is 3.95. The van der Waals surface area contributed by atoms with Gasteiger partial charge in [0.1, 0.15) is 0 Å². The summed E-state index contributed by atoms with van der Waals surface area (Å²) in [5.74, 6) is 1.13. The molecule has 0 aliphatic heterocycles. The van der Waals surface area contributed by atoms with Gasteiger partial charge in [0.15, 0.2) is 0 Å². The minimum Gasteiger partial charge on any atom is -0.103 e. The average Bonchev–Trinajstić information content (AvgIpc) is 2.65. The molecule has 0 heteroatoms. The topological polar surface area (TPSA) is 0 Å². The molecule has 24 heavy (non-hydrogen) atoms. The summed E-state index contributed by atoms with van der Waals surface area (Å²) < 4.78 is 0. The van der Waals surface area contributed by atoms with Crippen LogP contribution < -0.4 is 0 Å². The Bertz CT molecular complexity index is 780. The van der Waals surface area contributed by atoms with E-state index in [4.69, 9.17) is 0 Å². The van der Waals surface area contributed by atoms with E-state index in [1.54, 1.807) is 0 Å². The molecule has 0 nitrogen and oxygen atoms in total. The van der Waals surface area contributed by atoms with Crippen LogP contribution in [0.1, 0.15) is 49.1 Å². The highest BCUT2D eigenvalue weighted by molar-refractivity contribution is 5.86. The lowest BCUT2D eigenvalue weighted by molar-refractivity contribution is 0.552. The van der Waals surface area contributed by atoms with Gasteiger partial charge in [-0.1, -0.05) is 85.8 Å². The molecule has 122 valence electrons. The van der Waals surface area contributed by atoms with Crippen molar-refractivity contribution in [2.24, 2.45) is 0 Å². The highest BCUT2D eigenvalue weighted by Gasteiger charge is 2.14. The lowest BCUT2D eigenvalue weighted by Gasteiger charge is -2.20. The van der Waals surface area contributed by atoms with E-state index in [1.807, 2.05) is 0 Å². The zero-order valence-electron chi connectivity index (χ0n) is 14.5. The second-order valence-corrected chi connectivity index (χ2v) is 6.68. The summed E-state index contributed by atoms with van der Waals surface area (Å²) in [6.07, 6.45) is 5.49. The quantitative estimate of drug-likeness (QED) is 0.409. The lowest BCUT2D eigenvalue weighted by atomic mass is 9.85. The minimum atomic E-state index is 0.562. The normalized spacial score (nSPS) is 13.5. The summed E-state index contributed by atoms with van der Waals surface area (Å²) >= 11 is 0. The molecule has 0 radical (unpaired) electrons. The fourth-order valence-corrected chi connectivity index (χ4v) is 3.63. The molecule has 0 bridgehead atoms. The molecule has 3 aromatic rings. The monoisotopic (exact) mass is 314 g/mol. The van der Waals surface area contributed by atoms with Crippen LogP contribution in [0.3, 0.4) is 0 Å². The SMILES string of the molecule is C=CCC(CCC(C)c1cccc2ccccc12)c1ccccc1. The molecule has 0 aliphatic carbocycles. The van der Waals surface area contributed by atoms with Crippen LogP contribution >= 0.6 is 0 Å². The standard InChI is InChI=1S/C24H26/c1-3-10-20(21-11-5-4-6-12-21)18-17-19(2)23-16-9-14-22-13-7-8-15-24(22)23/h3-9,11-16,19-20H,1,10,17-18H2,2H3. The van der Waals surface area contributed by atoms with Gasteiger partial charge in [-0.05, 0) is 53.0 Å². The second kappa shape index (κ2) is 7.97. The van der Waals surface area contributed by atoms with Crippen LogP contribution in [-0.2, 0) is 0 Å². The van der Waals surface area contributed by atoms with Gasteiger partial charge < -0.3 is 0 Å². The number of fused-ring (bicyclic) bond motifs is 1. The molecule has 0 aliphatic rings. The van der Waals surface area contributed by atoms with Crippen LogP contribution in [0.25, 0.3) is 10.8 Å². The second-order valence-electron chi connectivity index (χ2n) is 6.68. The average molecular weight is 314 g/mol. The third-order valence-electron chi connectivity index (χ3n) is 5.02. The van der Waals surface area contributed by atoms with Crippen LogP contribution in [0.15, 0.2) is 85.5 Å². The van der Waals surface area contributed by atoms with Gasteiger partial charge in [-0.2, -0.15) is 0 Å². The van der Waals surface area contributed by atoms with Crippen molar-refractivity contribution < 1.29 is 0 Å². The van der Waals surface area contributed by atoms with Crippen molar-refractivity contribution in [2.75, 3.05) is 0 Å². The van der Waals surface area contributed by atoms with Crippen molar-refractivity contribution in [2.45, 2.75) is 38.0 Å². The summed E-state index contributed by atoms with van der Waals surface area (Å²) in [5, 5.41) is 2.74. The highest BCUT2D eigenvalue weighted by atomic mass is 14.2. The molecule has 2 atom stereocenters. The van der Waals surface area contributed by atoms with Gasteiger partial charge in [0.05, 0.1) is 0 Å². The van der Waals surface area contributed by atoms with E-state index in [9.17, 15) is 0 Å². The van der Waals surface area contributed by atoms with E-state index in [1.165, 1.54) is 34.7 Å². The van der Waals surface area contributed by atoms with E-state index in [0.29, 0.717) is 11.8 Å².